The first-order valence-corrected chi connectivity index (χ1v) is 7.38. The number of rotatable bonds is 3. The summed E-state index contributed by atoms with van der Waals surface area (Å²) in [4.78, 5) is 2.55. The quantitative estimate of drug-likeness (QED) is 0.844. The molecular formula is C14H18N2OS. The van der Waals surface area contributed by atoms with E-state index in [-0.39, 0.29) is 0 Å². The molecule has 2 aromatic rings. The van der Waals surface area contributed by atoms with Crippen molar-refractivity contribution in [2.24, 2.45) is 0 Å². The molecule has 4 heteroatoms. The number of nitrogens with zero attached hydrogens (tertiary/aromatic N) is 2. The standard InChI is InChI=1S/C14H18N2OS/c1-10-14(11(2)17-15-10)13-4-3-6-16(13)8-12-5-7-18-9-12/h5,7,9,13H,3-4,6,8H2,1-2H3. The molecule has 0 saturated carbocycles. The Morgan fingerprint density at radius 2 is 2.39 bits per heavy atom. The second-order valence-corrected chi connectivity index (χ2v) is 5.78. The van der Waals surface area contributed by atoms with E-state index in [0.717, 1.165) is 18.0 Å². The third-order valence-corrected chi connectivity index (χ3v) is 4.48. The van der Waals surface area contributed by atoms with Crippen LogP contribution >= 0.6 is 11.3 Å². The lowest BCUT2D eigenvalue weighted by atomic mass is 10.0. The zero-order valence-corrected chi connectivity index (χ0v) is 11.7. The summed E-state index contributed by atoms with van der Waals surface area (Å²) in [6.45, 7) is 6.28. The second-order valence-electron chi connectivity index (χ2n) is 5.00. The molecule has 1 saturated heterocycles. The summed E-state index contributed by atoms with van der Waals surface area (Å²) >= 11 is 1.77. The van der Waals surface area contributed by atoms with Gasteiger partial charge >= 0.3 is 0 Å². The summed E-state index contributed by atoms with van der Waals surface area (Å²) in [6, 6.07) is 2.70. The van der Waals surface area contributed by atoms with E-state index < -0.39 is 0 Å². The van der Waals surface area contributed by atoms with Gasteiger partial charge in [-0.15, -0.1) is 0 Å². The predicted molar refractivity (Wildman–Crippen MR) is 72.7 cm³/mol. The number of thiophene rings is 1. The van der Waals surface area contributed by atoms with Crippen molar-refractivity contribution in [2.45, 2.75) is 39.3 Å². The van der Waals surface area contributed by atoms with Gasteiger partial charge in [-0.3, -0.25) is 4.90 Å². The molecule has 0 radical (unpaired) electrons. The smallest absolute Gasteiger partial charge is 0.138 e. The van der Waals surface area contributed by atoms with Crippen molar-refractivity contribution in [2.75, 3.05) is 6.54 Å². The van der Waals surface area contributed by atoms with E-state index in [4.69, 9.17) is 4.52 Å². The summed E-state index contributed by atoms with van der Waals surface area (Å²) in [5.41, 5.74) is 3.77. The molecule has 1 fully saturated rings. The summed E-state index contributed by atoms with van der Waals surface area (Å²) < 4.78 is 5.32. The van der Waals surface area contributed by atoms with Gasteiger partial charge in [0.2, 0.25) is 0 Å². The average Bonchev–Trinajstić information content (AvgIpc) is 3.04. The van der Waals surface area contributed by atoms with Crippen LogP contribution in [0.15, 0.2) is 21.3 Å². The molecule has 3 nitrogen and oxygen atoms in total. The lowest BCUT2D eigenvalue weighted by molar-refractivity contribution is 0.246. The van der Waals surface area contributed by atoms with Crippen molar-refractivity contribution >= 4 is 11.3 Å². The Hall–Kier alpha value is -1.13. The highest BCUT2D eigenvalue weighted by molar-refractivity contribution is 7.07. The van der Waals surface area contributed by atoms with E-state index in [1.807, 2.05) is 13.8 Å². The van der Waals surface area contributed by atoms with Crippen LogP contribution in [0.2, 0.25) is 0 Å². The van der Waals surface area contributed by atoms with Gasteiger partial charge in [-0.1, -0.05) is 5.16 Å². The van der Waals surface area contributed by atoms with Gasteiger partial charge in [0, 0.05) is 18.2 Å². The van der Waals surface area contributed by atoms with E-state index >= 15 is 0 Å². The van der Waals surface area contributed by atoms with Crippen LogP contribution in [0, 0.1) is 13.8 Å². The molecule has 1 aliphatic heterocycles. The third kappa shape index (κ3) is 2.10. The van der Waals surface area contributed by atoms with Crippen LogP contribution in [0.1, 0.15) is 41.5 Å². The maximum atomic E-state index is 5.32. The monoisotopic (exact) mass is 262 g/mol. The van der Waals surface area contributed by atoms with Gasteiger partial charge in [0.05, 0.1) is 5.69 Å². The average molecular weight is 262 g/mol. The van der Waals surface area contributed by atoms with Crippen LogP contribution < -0.4 is 0 Å². The van der Waals surface area contributed by atoms with Crippen LogP contribution in [-0.2, 0) is 6.54 Å². The molecule has 18 heavy (non-hydrogen) atoms. The van der Waals surface area contributed by atoms with Gasteiger partial charge < -0.3 is 4.52 Å². The lowest BCUT2D eigenvalue weighted by Gasteiger charge is -2.24. The molecular weight excluding hydrogens is 244 g/mol. The van der Waals surface area contributed by atoms with Crippen molar-refractivity contribution in [1.82, 2.24) is 10.1 Å². The molecule has 0 aliphatic carbocycles. The number of hydrogen-bond acceptors (Lipinski definition) is 4. The topological polar surface area (TPSA) is 29.3 Å². The van der Waals surface area contributed by atoms with E-state index in [1.54, 1.807) is 11.3 Å². The number of aromatic nitrogens is 1. The fourth-order valence-electron chi connectivity index (χ4n) is 2.93. The molecule has 0 aromatic carbocycles. The molecule has 1 unspecified atom stereocenters. The minimum atomic E-state index is 0.483. The van der Waals surface area contributed by atoms with E-state index in [0.29, 0.717) is 6.04 Å². The minimum Gasteiger partial charge on any atom is -0.361 e. The molecule has 3 rings (SSSR count). The Morgan fingerprint density at radius 3 is 3.06 bits per heavy atom. The molecule has 0 bridgehead atoms. The fraction of sp³-hybridized carbons (Fsp3) is 0.500. The van der Waals surface area contributed by atoms with Gasteiger partial charge in [-0.2, -0.15) is 11.3 Å². The molecule has 1 atom stereocenters. The number of hydrogen-bond donors (Lipinski definition) is 0. The number of likely N-dealkylation sites (tertiary alicyclic amines) is 1. The summed E-state index contributed by atoms with van der Waals surface area (Å²) in [7, 11) is 0. The van der Waals surface area contributed by atoms with Crippen molar-refractivity contribution in [3.05, 3.63) is 39.4 Å². The SMILES string of the molecule is Cc1noc(C)c1C1CCCN1Cc1ccsc1. The second kappa shape index (κ2) is 4.86. The zero-order valence-electron chi connectivity index (χ0n) is 10.8. The third-order valence-electron chi connectivity index (χ3n) is 3.75. The largest absolute Gasteiger partial charge is 0.361 e. The van der Waals surface area contributed by atoms with Crippen LogP contribution in [0.3, 0.4) is 0 Å². The van der Waals surface area contributed by atoms with E-state index in [9.17, 15) is 0 Å². The van der Waals surface area contributed by atoms with Crippen molar-refractivity contribution in [1.29, 1.82) is 0 Å². The Kier molecular flexibility index (Phi) is 3.22. The van der Waals surface area contributed by atoms with Crippen LogP contribution in [0.25, 0.3) is 0 Å². The van der Waals surface area contributed by atoms with Gasteiger partial charge in [0.1, 0.15) is 5.76 Å². The molecule has 0 amide bonds. The van der Waals surface area contributed by atoms with Crippen molar-refractivity contribution in [3.8, 4) is 0 Å². The molecule has 1 aliphatic rings. The van der Waals surface area contributed by atoms with E-state index in [1.165, 1.54) is 30.5 Å². The normalized spacial score (nSPS) is 20.7. The van der Waals surface area contributed by atoms with Crippen molar-refractivity contribution in [3.63, 3.8) is 0 Å². The number of aryl methyl sites for hydroxylation is 2. The maximum absolute atomic E-state index is 5.32. The van der Waals surface area contributed by atoms with Gasteiger partial charge in [-0.25, -0.2) is 0 Å². The Balaban J connectivity index is 1.83. The van der Waals surface area contributed by atoms with Crippen LogP contribution in [-0.4, -0.2) is 16.6 Å². The molecule has 0 N–H and O–H groups in total. The molecule has 96 valence electrons. The highest BCUT2D eigenvalue weighted by atomic mass is 32.1. The van der Waals surface area contributed by atoms with Crippen molar-refractivity contribution < 1.29 is 4.52 Å². The first-order valence-electron chi connectivity index (χ1n) is 6.43. The maximum Gasteiger partial charge on any atom is 0.138 e. The fourth-order valence-corrected chi connectivity index (χ4v) is 3.59. The lowest BCUT2D eigenvalue weighted by Crippen LogP contribution is -2.23. The highest BCUT2D eigenvalue weighted by Crippen LogP contribution is 2.36. The summed E-state index contributed by atoms with van der Waals surface area (Å²) in [5, 5.41) is 8.48. The highest BCUT2D eigenvalue weighted by Gasteiger charge is 2.30. The molecule has 3 heterocycles. The van der Waals surface area contributed by atoms with Gasteiger partial charge in [0.25, 0.3) is 0 Å². The Labute approximate surface area is 111 Å². The minimum absolute atomic E-state index is 0.483. The summed E-state index contributed by atoms with van der Waals surface area (Å²) in [6.07, 6.45) is 2.48. The van der Waals surface area contributed by atoms with Crippen LogP contribution in [0.4, 0.5) is 0 Å². The Morgan fingerprint density at radius 1 is 1.50 bits per heavy atom. The summed E-state index contributed by atoms with van der Waals surface area (Å²) in [5.74, 6) is 0.981. The zero-order chi connectivity index (χ0) is 12.5. The Bertz CT molecular complexity index is 498. The predicted octanol–water partition coefficient (Wildman–Crippen LogP) is 3.69. The van der Waals surface area contributed by atoms with E-state index in [2.05, 4.69) is 26.9 Å². The first-order chi connectivity index (χ1) is 8.75. The first kappa shape index (κ1) is 11.9. The molecule has 2 aromatic heterocycles. The molecule has 0 spiro atoms. The van der Waals surface area contributed by atoms with Gasteiger partial charge in [-0.05, 0) is 55.6 Å². The van der Waals surface area contributed by atoms with Gasteiger partial charge in [0.15, 0.2) is 0 Å². The van der Waals surface area contributed by atoms with Crippen LogP contribution in [0.5, 0.6) is 0 Å².